The number of aromatic nitrogens is 2. The second-order valence-electron chi connectivity index (χ2n) is 5.24. The molecular weight excluding hydrogens is 299 g/mol. The first-order chi connectivity index (χ1) is 11.1. The second-order valence-corrected chi connectivity index (χ2v) is 5.24. The third-order valence-electron chi connectivity index (χ3n) is 3.82. The molecule has 0 amide bonds. The van der Waals surface area contributed by atoms with Crippen LogP contribution in [0.3, 0.4) is 0 Å². The van der Waals surface area contributed by atoms with Gasteiger partial charge in [0, 0.05) is 18.7 Å². The minimum absolute atomic E-state index is 0.00889. The number of ether oxygens (including phenoxy) is 1. The van der Waals surface area contributed by atoms with Crippen LogP contribution in [0.4, 0.5) is 4.39 Å². The van der Waals surface area contributed by atoms with Gasteiger partial charge in [-0.05, 0) is 32.4 Å². The molecule has 0 fully saturated rings. The Morgan fingerprint density at radius 3 is 2.70 bits per heavy atom. The summed E-state index contributed by atoms with van der Waals surface area (Å²) < 4.78 is 23.1. The summed E-state index contributed by atoms with van der Waals surface area (Å²) in [5, 5.41) is 10.4. The summed E-state index contributed by atoms with van der Waals surface area (Å²) in [6, 6.07) is 2.84. The first kappa shape index (κ1) is 15.2. The first-order valence-corrected chi connectivity index (χ1v) is 7.50. The molecule has 1 N–H and O–H groups in total. The molecule has 6 heteroatoms. The van der Waals surface area contributed by atoms with Crippen LogP contribution < -0.4 is 10.3 Å². The van der Waals surface area contributed by atoms with E-state index in [2.05, 4.69) is 11.8 Å². The molecule has 0 unspecified atom stereocenters. The molecule has 1 aromatic carbocycles. The van der Waals surface area contributed by atoms with Crippen LogP contribution in [0.2, 0.25) is 0 Å². The number of hydrogen-bond donors (Lipinski definition) is 1. The summed E-state index contributed by atoms with van der Waals surface area (Å²) in [6.07, 6.45) is 0.773. The van der Waals surface area contributed by atoms with E-state index in [1.807, 2.05) is 0 Å². The van der Waals surface area contributed by atoms with Gasteiger partial charge in [-0.3, -0.25) is 9.48 Å². The zero-order valence-corrected chi connectivity index (χ0v) is 13.0. The largest absolute Gasteiger partial charge is 0.493 e. The SMILES string of the molecule is CC#Cc1cc(F)c(-c2c(O)n3n(c2=O)CCC3)c(OCC)c1. The number of rotatable bonds is 3. The van der Waals surface area contributed by atoms with Gasteiger partial charge in [0.05, 0.1) is 12.2 Å². The Morgan fingerprint density at radius 1 is 1.30 bits per heavy atom. The minimum Gasteiger partial charge on any atom is -0.493 e. The normalized spacial score (nSPS) is 12.7. The quantitative estimate of drug-likeness (QED) is 0.884. The van der Waals surface area contributed by atoms with Crippen molar-refractivity contribution in [2.75, 3.05) is 6.61 Å². The van der Waals surface area contributed by atoms with E-state index >= 15 is 0 Å². The van der Waals surface area contributed by atoms with E-state index in [4.69, 9.17) is 4.74 Å². The molecule has 0 saturated carbocycles. The lowest BCUT2D eigenvalue weighted by Gasteiger charge is -2.11. The van der Waals surface area contributed by atoms with E-state index in [0.717, 1.165) is 6.42 Å². The van der Waals surface area contributed by atoms with Crippen molar-refractivity contribution in [3.05, 3.63) is 33.9 Å². The van der Waals surface area contributed by atoms with Crippen LogP contribution in [0.25, 0.3) is 11.1 Å². The van der Waals surface area contributed by atoms with Crippen LogP contribution in [0, 0.1) is 17.7 Å². The maximum atomic E-state index is 14.6. The Kier molecular flexibility index (Phi) is 3.87. The molecule has 5 nitrogen and oxygen atoms in total. The topological polar surface area (TPSA) is 56.4 Å². The maximum absolute atomic E-state index is 14.6. The van der Waals surface area contributed by atoms with Gasteiger partial charge in [0.15, 0.2) is 0 Å². The monoisotopic (exact) mass is 316 g/mol. The van der Waals surface area contributed by atoms with Gasteiger partial charge in [-0.15, -0.1) is 5.92 Å². The van der Waals surface area contributed by atoms with Crippen molar-refractivity contribution in [3.63, 3.8) is 0 Å². The van der Waals surface area contributed by atoms with E-state index in [9.17, 15) is 14.3 Å². The van der Waals surface area contributed by atoms with Crippen LogP contribution in [0.1, 0.15) is 25.8 Å². The van der Waals surface area contributed by atoms with E-state index in [1.54, 1.807) is 19.9 Å². The highest BCUT2D eigenvalue weighted by Crippen LogP contribution is 2.38. The van der Waals surface area contributed by atoms with E-state index < -0.39 is 11.4 Å². The number of benzene rings is 1. The van der Waals surface area contributed by atoms with Gasteiger partial charge in [-0.2, -0.15) is 0 Å². The molecule has 23 heavy (non-hydrogen) atoms. The Bertz CT molecular complexity index is 884. The highest BCUT2D eigenvalue weighted by molar-refractivity contribution is 5.75. The fourth-order valence-electron chi connectivity index (χ4n) is 2.93. The molecular formula is C17H17FN2O3. The second kappa shape index (κ2) is 5.84. The van der Waals surface area contributed by atoms with Crippen molar-refractivity contribution in [1.82, 2.24) is 9.36 Å². The summed E-state index contributed by atoms with van der Waals surface area (Å²) in [7, 11) is 0. The van der Waals surface area contributed by atoms with Crippen LogP contribution in [0.5, 0.6) is 11.6 Å². The molecule has 120 valence electrons. The number of nitrogens with zero attached hydrogens (tertiary/aromatic N) is 2. The lowest BCUT2D eigenvalue weighted by Crippen LogP contribution is -2.17. The molecule has 0 spiro atoms. The highest BCUT2D eigenvalue weighted by Gasteiger charge is 2.28. The summed E-state index contributed by atoms with van der Waals surface area (Å²) in [5.74, 6) is 4.83. The highest BCUT2D eigenvalue weighted by atomic mass is 19.1. The third-order valence-corrected chi connectivity index (χ3v) is 3.82. The van der Waals surface area contributed by atoms with Crippen molar-refractivity contribution in [1.29, 1.82) is 0 Å². The van der Waals surface area contributed by atoms with Gasteiger partial charge in [0.25, 0.3) is 5.56 Å². The van der Waals surface area contributed by atoms with E-state index in [0.29, 0.717) is 25.3 Å². The zero-order chi connectivity index (χ0) is 16.6. The molecule has 0 aliphatic carbocycles. The first-order valence-electron chi connectivity index (χ1n) is 7.50. The molecule has 0 atom stereocenters. The molecule has 1 aliphatic heterocycles. The van der Waals surface area contributed by atoms with Crippen molar-refractivity contribution in [2.24, 2.45) is 0 Å². The molecule has 1 aromatic heterocycles. The van der Waals surface area contributed by atoms with Crippen molar-refractivity contribution in [3.8, 4) is 34.6 Å². The Morgan fingerprint density at radius 2 is 2.04 bits per heavy atom. The summed E-state index contributed by atoms with van der Waals surface area (Å²) in [6.45, 7) is 4.78. The number of halogens is 1. The predicted octanol–water partition coefficient (Wildman–Crippen LogP) is 2.34. The molecule has 1 aliphatic rings. The molecule has 3 rings (SSSR count). The molecule has 2 aromatic rings. The number of aromatic hydroxyl groups is 1. The lowest BCUT2D eigenvalue weighted by atomic mass is 10.0. The average Bonchev–Trinajstić information content (AvgIpc) is 3.07. The number of fused-ring (bicyclic) bond motifs is 1. The summed E-state index contributed by atoms with van der Waals surface area (Å²) in [4.78, 5) is 12.5. The molecule has 0 bridgehead atoms. The van der Waals surface area contributed by atoms with Crippen molar-refractivity contribution < 1.29 is 14.2 Å². The minimum atomic E-state index is -0.633. The summed E-state index contributed by atoms with van der Waals surface area (Å²) >= 11 is 0. The fourth-order valence-corrected chi connectivity index (χ4v) is 2.93. The smallest absolute Gasteiger partial charge is 0.278 e. The molecule has 2 heterocycles. The van der Waals surface area contributed by atoms with Gasteiger partial charge >= 0.3 is 0 Å². The Hall–Kier alpha value is -2.68. The Balaban J connectivity index is 2.28. The lowest BCUT2D eigenvalue weighted by molar-refractivity contribution is 0.339. The Labute approximate surface area is 132 Å². The van der Waals surface area contributed by atoms with Gasteiger partial charge in [0.1, 0.15) is 17.1 Å². The van der Waals surface area contributed by atoms with Crippen LogP contribution >= 0.6 is 0 Å². The van der Waals surface area contributed by atoms with Crippen LogP contribution in [-0.2, 0) is 13.1 Å². The van der Waals surface area contributed by atoms with E-state index in [1.165, 1.54) is 15.4 Å². The standard InChI is InChI=1S/C17H17FN2O3/c1-3-6-11-9-12(18)14(13(10-11)23-4-2)15-16(21)19-7-5-8-20(19)17(15)22/h9-10,21H,4-5,7-8H2,1-2H3. The number of hydrogen-bond acceptors (Lipinski definition) is 3. The van der Waals surface area contributed by atoms with Gasteiger partial charge in [-0.1, -0.05) is 5.92 Å². The van der Waals surface area contributed by atoms with Crippen molar-refractivity contribution in [2.45, 2.75) is 33.4 Å². The maximum Gasteiger partial charge on any atom is 0.278 e. The summed E-state index contributed by atoms with van der Waals surface area (Å²) in [5.41, 5.74) is -0.00946. The molecule has 0 radical (unpaired) electrons. The zero-order valence-electron chi connectivity index (χ0n) is 13.0. The van der Waals surface area contributed by atoms with Crippen LogP contribution in [0.15, 0.2) is 16.9 Å². The van der Waals surface area contributed by atoms with Crippen molar-refractivity contribution >= 4 is 0 Å². The fraction of sp³-hybridized carbons (Fsp3) is 0.353. The predicted molar refractivity (Wildman–Crippen MR) is 84.1 cm³/mol. The van der Waals surface area contributed by atoms with Gasteiger partial charge < -0.3 is 9.84 Å². The third kappa shape index (κ3) is 2.38. The average molecular weight is 316 g/mol. The van der Waals surface area contributed by atoms with Crippen LogP contribution in [-0.4, -0.2) is 21.1 Å². The molecule has 0 saturated heterocycles. The van der Waals surface area contributed by atoms with Gasteiger partial charge in [-0.25, -0.2) is 9.07 Å². The van der Waals surface area contributed by atoms with Gasteiger partial charge in [0.2, 0.25) is 5.88 Å². The van der Waals surface area contributed by atoms with E-state index in [-0.39, 0.29) is 22.8 Å².